The van der Waals surface area contributed by atoms with Crippen LogP contribution in [0.15, 0.2) is 84.0 Å². The van der Waals surface area contributed by atoms with Crippen LogP contribution in [0.25, 0.3) is 11.6 Å². The molecule has 26 heteroatoms. The molecule has 2 fully saturated rings. The van der Waals surface area contributed by atoms with E-state index >= 15 is 0 Å². The van der Waals surface area contributed by atoms with Crippen molar-refractivity contribution in [3.05, 3.63) is 102 Å². The van der Waals surface area contributed by atoms with E-state index < -0.39 is 55.1 Å². The second kappa shape index (κ2) is 19.9. The third-order valence-electron chi connectivity index (χ3n) is 10.1. The molecular weight excluding hydrogens is 922 g/mol. The summed E-state index contributed by atoms with van der Waals surface area (Å²) in [5, 5.41) is 22.0. The minimum atomic E-state index is -4.22. The summed E-state index contributed by atoms with van der Waals surface area (Å²) >= 11 is 0. The molecule has 17 nitrogen and oxygen atoms in total. The van der Waals surface area contributed by atoms with E-state index in [0.717, 1.165) is 6.26 Å². The van der Waals surface area contributed by atoms with Gasteiger partial charge in [0.15, 0.2) is 11.6 Å². The van der Waals surface area contributed by atoms with Crippen molar-refractivity contribution in [2.45, 2.75) is 69.6 Å². The maximum absolute atomic E-state index is 12.9. The highest BCUT2D eigenvalue weighted by atomic mass is 32.2. The predicted octanol–water partition coefficient (Wildman–Crippen LogP) is 3.21. The number of aromatic carboxylic acids is 1. The molecule has 65 heavy (non-hydrogen) atoms. The molecule has 0 aliphatic heterocycles. The largest absolute Gasteiger partial charge is 1.00 e. The van der Waals surface area contributed by atoms with Gasteiger partial charge >= 0.3 is 18.3 Å². The average Bonchev–Trinajstić information content (AvgIpc) is 4.07. The molecule has 5 aromatic rings. The number of pyridine rings is 2. The standard InChI is InChI=1S/C17H19F3N4O4S.C16H16F3N3O3.C6H7NO2S.FH.H/c1-11-12(15(25)23-29(2,26)27)3-4-13(21-11)24-9-5-14(22-24)28-10-8-16(6-7-16)17(18,19)20;1-10-11(14(23)24)2-3-12(20-10)22-8-4-13(21-22)25-9-7-15(5-6-15)16(17,18)19;7-10(8,9)6-4-2-1-3-5-6;;/h3-5,9H,6-8,10H2,1-2H3,(H,23,25);2-4,8H,5-7,9H2,1H3,(H,23,24);1-5H,(H2,7,8,9);1H;/q;;;;-1/p-1/i;;;;1+1. The Morgan fingerprint density at radius 1 is 0.738 bits per heavy atom. The van der Waals surface area contributed by atoms with E-state index in [1.54, 1.807) is 31.3 Å². The third-order valence-corrected chi connectivity index (χ3v) is 11.6. The number of aryl methyl sites for hydroxylation is 2. The molecule has 1 amide bonds. The number of carboxylic acid groups (broad SMARTS) is 1. The fourth-order valence-corrected chi connectivity index (χ4v) is 7.01. The minimum Gasteiger partial charge on any atom is -1.00 e. The smallest absolute Gasteiger partial charge is 0.394 e. The summed E-state index contributed by atoms with van der Waals surface area (Å²) in [6.07, 6.45) is -4.15. The Kier molecular flexibility index (Phi) is 15.8. The van der Waals surface area contributed by atoms with E-state index in [-0.39, 0.29) is 91.3 Å². The highest BCUT2D eigenvalue weighted by Crippen LogP contribution is 2.60. The van der Waals surface area contributed by atoms with Crippen molar-refractivity contribution in [3.8, 4) is 23.4 Å². The minimum absolute atomic E-state index is 0. The zero-order valence-corrected chi connectivity index (χ0v) is 36.2. The Balaban J connectivity index is 0.000000285. The van der Waals surface area contributed by atoms with Crippen molar-refractivity contribution in [3.63, 3.8) is 0 Å². The molecule has 2 aliphatic carbocycles. The van der Waals surface area contributed by atoms with Crippen LogP contribution < -0.4 is 24.0 Å². The first-order chi connectivity index (χ1) is 29.7. The van der Waals surface area contributed by atoms with Crippen LogP contribution in [-0.4, -0.2) is 95.2 Å². The van der Waals surface area contributed by atoms with Crippen LogP contribution >= 0.6 is 0 Å². The number of ether oxygens (including phenoxy) is 2. The Labute approximate surface area is 368 Å². The Morgan fingerprint density at radius 2 is 1.15 bits per heavy atom. The number of hydrogen-bond acceptors (Lipinski definition) is 12. The maximum Gasteiger partial charge on any atom is 0.394 e. The van der Waals surface area contributed by atoms with E-state index in [1.807, 2.05) is 4.72 Å². The zero-order chi connectivity index (χ0) is 47.3. The second-order valence-corrected chi connectivity index (χ2v) is 18.2. The molecule has 7 rings (SSSR count). The number of carboxylic acids is 1. The number of rotatable bonds is 14. The Morgan fingerprint density at radius 3 is 1.48 bits per heavy atom. The molecule has 0 saturated heterocycles. The van der Waals surface area contributed by atoms with Gasteiger partial charge in [0, 0.05) is 24.5 Å². The fourth-order valence-electron chi connectivity index (χ4n) is 6.03. The number of nitrogens with two attached hydrogens (primary N) is 1. The molecule has 356 valence electrons. The van der Waals surface area contributed by atoms with Crippen molar-refractivity contribution >= 4 is 31.9 Å². The normalized spacial score (nSPS) is 14.9. The highest BCUT2D eigenvalue weighted by Gasteiger charge is 2.63. The lowest BCUT2D eigenvalue weighted by atomic mass is 10.0. The van der Waals surface area contributed by atoms with Crippen molar-refractivity contribution < 1.29 is 73.5 Å². The van der Waals surface area contributed by atoms with Gasteiger partial charge in [0.05, 0.1) is 57.7 Å². The van der Waals surface area contributed by atoms with Crippen LogP contribution in [0.3, 0.4) is 0 Å². The van der Waals surface area contributed by atoms with Gasteiger partial charge in [0.1, 0.15) is 0 Å². The third kappa shape index (κ3) is 13.7. The van der Waals surface area contributed by atoms with Crippen LogP contribution in [-0.2, 0) is 20.0 Å². The molecular formula is C39H43F7N8O9S2-2. The number of carbonyl (C=O) groups is 2. The van der Waals surface area contributed by atoms with E-state index in [9.17, 15) is 52.8 Å². The van der Waals surface area contributed by atoms with Crippen molar-refractivity contribution in [2.75, 3.05) is 19.5 Å². The topological polar surface area (TPSA) is 241 Å². The molecule has 4 N–H and O–H groups in total. The summed E-state index contributed by atoms with van der Waals surface area (Å²) in [5.41, 5.74) is -2.43. The lowest BCUT2D eigenvalue weighted by Gasteiger charge is -2.18. The molecule has 2 saturated carbocycles. The summed E-state index contributed by atoms with van der Waals surface area (Å²) in [4.78, 5) is 31.5. The van der Waals surface area contributed by atoms with Gasteiger partial charge in [-0.25, -0.2) is 50.8 Å². The second-order valence-electron chi connectivity index (χ2n) is 14.9. The van der Waals surface area contributed by atoms with Crippen molar-refractivity contribution in [1.82, 2.24) is 34.3 Å². The molecule has 0 spiro atoms. The molecule has 0 bridgehead atoms. The number of carbonyl (C=O) groups excluding carboxylic acids is 1. The summed E-state index contributed by atoms with van der Waals surface area (Å²) < 4.78 is 136. The summed E-state index contributed by atoms with van der Waals surface area (Å²) in [6, 6.07) is 16.7. The number of hydrogen-bond donors (Lipinski definition) is 3. The predicted molar refractivity (Wildman–Crippen MR) is 216 cm³/mol. The van der Waals surface area contributed by atoms with E-state index in [4.69, 9.17) is 19.7 Å². The Hall–Kier alpha value is -6.15. The van der Waals surface area contributed by atoms with E-state index in [1.165, 1.54) is 71.0 Å². The van der Waals surface area contributed by atoms with Gasteiger partial charge in [-0.15, -0.1) is 10.2 Å². The van der Waals surface area contributed by atoms with Gasteiger partial charge < -0.3 is 20.7 Å². The number of amides is 1. The van der Waals surface area contributed by atoms with Gasteiger partial charge in [-0.1, -0.05) is 18.2 Å². The first-order valence-electron chi connectivity index (χ1n) is 19.0. The average molecular weight is 966 g/mol. The van der Waals surface area contributed by atoms with Crippen LogP contribution in [0.4, 0.5) is 26.3 Å². The zero-order valence-electron chi connectivity index (χ0n) is 35.6. The van der Waals surface area contributed by atoms with Crippen LogP contribution in [0.5, 0.6) is 11.8 Å². The number of primary sulfonamides is 1. The lowest BCUT2D eigenvalue weighted by molar-refractivity contribution is -0.190. The quantitative estimate of drug-likeness (QED) is 0.136. The molecule has 1 aromatic carbocycles. The van der Waals surface area contributed by atoms with Crippen LogP contribution in [0, 0.1) is 24.7 Å². The number of halogens is 7. The molecule has 4 heterocycles. The van der Waals surface area contributed by atoms with Crippen molar-refractivity contribution in [2.24, 2.45) is 16.0 Å². The summed E-state index contributed by atoms with van der Waals surface area (Å²) in [6.45, 7) is 2.93. The first kappa shape index (κ1) is 51.5. The monoisotopic (exact) mass is 965 g/mol. The summed E-state index contributed by atoms with van der Waals surface area (Å²) in [7, 11) is -7.21. The molecule has 0 radical (unpaired) electrons. The number of nitrogens with zero attached hydrogens (tertiary/aromatic N) is 6. The van der Waals surface area contributed by atoms with Crippen LogP contribution in [0.2, 0.25) is 0 Å². The van der Waals surface area contributed by atoms with Gasteiger partial charge in [0.25, 0.3) is 5.91 Å². The highest BCUT2D eigenvalue weighted by molar-refractivity contribution is 7.89. The molecule has 0 atom stereocenters. The molecule has 4 aromatic heterocycles. The lowest BCUT2D eigenvalue weighted by Crippen LogP contribution is -3.00. The maximum atomic E-state index is 12.9. The van der Waals surface area contributed by atoms with E-state index in [2.05, 4.69) is 20.2 Å². The van der Waals surface area contributed by atoms with E-state index in [0.29, 0.717) is 17.3 Å². The first-order valence-corrected chi connectivity index (χ1v) is 22.5. The number of alkyl halides is 6. The summed E-state index contributed by atoms with van der Waals surface area (Å²) in [5.74, 6) is -0.790. The number of sulfonamides is 2. The number of aromatic nitrogens is 6. The van der Waals surface area contributed by atoms with Gasteiger partial charge in [-0.2, -0.15) is 26.3 Å². The van der Waals surface area contributed by atoms with Gasteiger partial charge in [0.2, 0.25) is 31.8 Å². The Bertz CT molecular complexity index is 2690. The SMILES string of the molecule is Cc1nc(-n2ccc(OCCC3(C(F)(F)F)CC3)n2)ccc1C(=O)NS(C)(=O)=O.Cc1nc(-n2ccc(OCCC3(C(F)(F)F)CC3)n2)ccc1C(=O)O.NS(=O)(=O)c1ccccc1.[2H-].[F-]. The van der Waals surface area contributed by atoms with Gasteiger partial charge in [-0.3, -0.25) is 4.79 Å². The number of nitrogens with one attached hydrogen (secondary N) is 1. The van der Waals surface area contributed by atoms with Gasteiger partial charge in [-0.05, 0) is 88.8 Å². The molecule has 2 aliphatic rings. The molecule has 0 unspecified atom stereocenters. The fraction of sp³-hybridized carbons (Fsp3) is 0.385. The van der Waals surface area contributed by atoms with Crippen molar-refractivity contribution in [1.29, 1.82) is 0 Å². The van der Waals surface area contributed by atoms with Crippen LogP contribution in [0.1, 0.15) is 72.1 Å². The number of benzene rings is 1.